The summed E-state index contributed by atoms with van der Waals surface area (Å²) in [6.45, 7) is 5.61. The minimum absolute atomic E-state index is 0.0386. The van der Waals surface area contributed by atoms with E-state index in [1.54, 1.807) is 13.8 Å². The van der Waals surface area contributed by atoms with Gasteiger partial charge in [0.25, 0.3) is 0 Å². The van der Waals surface area contributed by atoms with Crippen LogP contribution in [0.15, 0.2) is 48.6 Å². The Balaban J connectivity index is 2.89. The van der Waals surface area contributed by atoms with Crippen LogP contribution in [0.25, 0.3) is 0 Å². The first-order valence-corrected chi connectivity index (χ1v) is 11.5. The van der Waals surface area contributed by atoms with Crippen molar-refractivity contribution in [3.63, 3.8) is 0 Å². The zero-order valence-corrected chi connectivity index (χ0v) is 20.9. The van der Waals surface area contributed by atoms with Gasteiger partial charge in [-0.15, -0.1) is 0 Å². The summed E-state index contributed by atoms with van der Waals surface area (Å²) in [5.41, 5.74) is -0.174. The molecule has 4 unspecified atom stereocenters. The monoisotopic (exact) mass is 506 g/mol. The summed E-state index contributed by atoms with van der Waals surface area (Å²) < 4.78 is 20.9. The molecule has 0 bridgehead atoms. The molecule has 0 radical (unpaired) electrons. The van der Waals surface area contributed by atoms with E-state index in [1.807, 2.05) is 0 Å². The predicted molar refractivity (Wildman–Crippen MR) is 129 cm³/mol. The first-order chi connectivity index (χ1) is 17.1. The fourth-order valence-corrected chi connectivity index (χ4v) is 3.07. The molecule has 10 heteroatoms. The molecule has 0 amide bonds. The molecule has 1 rings (SSSR count). The molecule has 10 nitrogen and oxygen atoms in total. The smallest absolute Gasteiger partial charge is 0.339 e. The second-order valence-electron chi connectivity index (χ2n) is 8.03. The molecule has 0 aromatic heterocycles. The van der Waals surface area contributed by atoms with Crippen molar-refractivity contribution in [1.82, 2.24) is 0 Å². The second-order valence-corrected chi connectivity index (χ2v) is 8.03. The van der Waals surface area contributed by atoms with Gasteiger partial charge in [0.15, 0.2) is 0 Å². The van der Waals surface area contributed by atoms with E-state index in [-0.39, 0.29) is 37.2 Å². The number of hydrogen-bond donors (Lipinski definition) is 2. The molecule has 0 aliphatic heterocycles. The molecule has 0 spiro atoms. The lowest BCUT2D eigenvalue weighted by molar-refractivity contribution is -0.147. The Morgan fingerprint density at radius 1 is 0.750 bits per heavy atom. The van der Waals surface area contributed by atoms with Gasteiger partial charge < -0.3 is 29.2 Å². The highest BCUT2D eigenvalue weighted by Crippen LogP contribution is 2.15. The van der Waals surface area contributed by atoms with Crippen molar-refractivity contribution in [2.75, 3.05) is 13.2 Å². The number of rotatable bonds is 14. The van der Waals surface area contributed by atoms with Crippen molar-refractivity contribution in [3.05, 3.63) is 59.7 Å². The van der Waals surface area contributed by atoms with Gasteiger partial charge in [0.05, 0.1) is 23.3 Å². The minimum atomic E-state index is -0.898. The summed E-state index contributed by atoms with van der Waals surface area (Å²) in [5.74, 6) is -3.02. The molecule has 0 aliphatic rings. The van der Waals surface area contributed by atoms with Crippen molar-refractivity contribution >= 4 is 23.9 Å². The van der Waals surface area contributed by atoms with Gasteiger partial charge in [-0.05, 0) is 39.8 Å². The number of ether oxygens (including phenoxy) is 4. The van der Waals surface area contributed by atoms with Crippen LogP contribution in [0.3, 0.4) is 0 Å². The van der Waals surface area contributed by atoms with Gasteiger partial charge in [-0.25, -0.2) is 19.2 Å². The maximum absolute atomic E-state index is 12.7. The largest absolute Gasteiger partial charge is 0.458 e. The Morgan fingerprint density at radius 2 is 1.11 bits per heavy atom. The van der Waals surface area contributed by atoms with Crippen molar-refractivity contribution in [1.29, 1.82) is 0 Å². The van der Waals surface area contributed by atoms with Crippen LogP contribution in [0.5, 0.6) is 0 Å². The number of aliphatic hydroxyl groups excluding tert-OH is 2. The van der Waals surface area contributed by atoms with Crippen LogP contribution in [0, 0.1) is 0 Å². The Labute approximate surface area is 210 Å². The van der Waals surface area contributed by atoms with Crippen molar-refractivity contribution in [2.45, 2.75) is 65.0 Å². The number of carbonyl (C=O) groups is 4. The molecule has 36 heavy (non-hydrogen) atoms. The summed E-state index contributed by atoms with van der Waals surface area (Å²) >= 11 is 0. The molecule has 0 saturated heterocycles. The average Bonchev–Trinajstić information content (AvgIpc) is 2.80. The molecular formula is C26H34O10. The first kappa shape index (κ1) is 30.5. The fraction of sp³-hybridized carbons (Fsp3) is 0.462. The number of allylic oxidation sites excluding steroid dienone is 2. The van der Waals surface area contributed by atoms with Crippen LogP contribution >= 0.6 is 0 Å². The number of esters is 4. The summed E-state index contributed by atoms with van der Waals surface area (Å²) in [5, 5.41) is 19.3. The summed E-state index contributed by atoms with van der Waals surface area (Å²) in [4.78, 5) is 48.9. The molecule has 0 aliphatic carbocycles. The zero-order valence-electron chi connectivity index (χ0n) is 20.9. The van der Waals surface area contributed by atoms with Crippen molar-refractivity contribution in [3.8, 4) is 0 Å². The lowest BCUT2D eigenvalue weighted by Gasteiger charge is -2.20. The maximum atomic E-state index is 12.7. The third-order valence-corrected chi connectivity index (χ3v) is 4.55. The van der Waals surface area contributed by atoms with Gasteiger partial charge in [0, 0.05) is 25.0 Å². The third kappa shape index (κ3) is 11.8. The van der Waals surface area contributed by atoms with Crippen LogP contribution < -0.4 is 0 Å². The molecule has 0 heterocycles. The average molecular weight is 507 g/mol. The molecule has 0 saturated carbocycles. The van der Waals surface area contributed by atoms with Gasteiger partial charge in [-0.2, -0.15) is 0 Å². The Bertz CT molecular complexity index is 857. The van der Waals surface area contributed by atoms with Gasteiger partial charge in [-0.3, -0.25) is 0 Å². The van der Waals surface area contributed by atoms with E-state index in [0.29, 0.717) is 0 Å². The maximum Gasteiger partial charge on any atom is 0.339 e. The van der Waals surface area contributed by atoms with Crippen LogP contribution in [-0.4, -0.2) is 71.7 Å². The second kappa shape index (κ2) is 16.2. The molecule has 0 fully saturated rings. The molecule has 198 valence electrons. The highest BCUT2D eigenvalue weighted by Gasteiger charge is 2.24. The molecule has 1 aromatic carbocycles. The quantitative estimate of drug-likeness (QED) is 0.219. The predicted octanol–water partition coefficient (Wildman–Crippen LogP) is 2.52. The first-order valence-electron chi connectivity index (χ1n) is 11.5. The van der Waals surface area contributed by atoms with E-state index >= 15 is 0 Å². The van der Waals surface area contributed by atoms with E-state index < -0.39 is 48.3 Å². The Morgan fingerprint density at radius 3 is 1.42 bits per heavy atom. The highest BCUT2D eigenvalue weighted by atomic mass is 16.6. The SMILES string of the molecule is CC=CC(=O)OC(COC(=O)c1ccccc1C(=O)OCC(CC(C)O)OC(=O)C=CC)CC(C)O. The number of hydrogen-bond acceptors (Lipinski definition) is 10. The topological polar surface area (TPSA) is 146 Å². The van der Waals surface area contributed by atoms with E-state index in [1.165, 1.54) is 62.4 Å². The van der Waals surface area contributed by atoms with Crippen LogP contribution in [-0.2, 0) is 28.5 Å². The minimum Gasteiger partial charge on any atom is -0.458 e. The number of aliphatic hydroxyl groups is 2. The van der Waals surface area contributed by atoms with Crippen LogP contribution in [0.2, 0.25) is 0 Å². The lowest BCUT2D eigenvalue weighted by atomic mass is 10.1. The van der Waals surface area contributed by atoms with E-state index in [2.05, 4.69) is 0 Å². The molecular weight excluding hydrogens is 472 g/mol. The standard InChI is InChI=1S/C26H34O10/c1-5-9-23(29)35-19(13-17(3)27)15-33-25(31)21-11-7-8-12-22(21)26(32)34-16-20(14-18(4)28)36-24(30)10-6-2/h5-12,17-20,27-28H,13-16H2,1-4H3. The van der Waals surface area contributed by atoms with Crippen LogP contribution in [0.4, 0.5) is 0 Å². The van der Waals surface area contributed by atoms with E-state index in [9.17, 15) is 29.4 Å². The number of benzene rings is 1. The lowest BCUT2D eigenvalue weighted by Crippen LogP contribution is -2.29. The molecule has 1 aromatic rings. The van der Waals surface area contributed by atoms with Crippen molar-refractivity contribution < 1.29 is 48.3 Å². The molecule has 4 atom stereocenters. The van der Waals surface area contributed by atoms with Gasteiger partial charge in [0.1, 0.15) is 25.4 Å². The summed E-state index contributed by atoms with van der Waals surface area (Å²) in [6, 6.07) is 5.80. The summed E-state index contributed by atoms with van der Waals surface area (Å²) in [6.07, 6.45) is 2.02. The fourth-order valence-electron chi connectivity index (χ4n) is 3.07. The number of carbonyl (C=O) groups excluding carboxylic acids is 4. The van der Waals surface area contributed by atoms with Crippen molar-refractivity contribution in [2.24, 2.45) is 0 Å². The van der Waals surface area contributed by atoms with Crippen LogP contribution in [0.1, 0.15) is 61.3 Å². The summed E-state index contributed by atoms with van der Waals surface area (Å²) in [7, 11) is 0. The van der Waals surface area contributed by atoms with E-state index in [4.69, 9.17) is 18.9 Å². The third-order valence-electron chi connectivity index (χ3n) is 4.55. The molecule has 2 N–H and O–H groups in total. The Hall–Kier alpha value is -3.50. The van der Waals surface area contributed by atoms with Gasteiger partial charge >= 0.3 is 23.9 Å². The zero-order chi connectivity index (χ0) is 27.1. The van der Waals surface area contributed by atoms with Gasteiger partial charge in [-0.1, -0.05) is 24.3 Å². The Kier molecular flexibility index (Phi) is 13.8. The highest BCUT2D eigenvalue weighted by molar-refractivity contribution is 6.03. The van der Waals surface area contributed by atoms with Gasteiger partial charge in [0.2, 0.25) is 0 Å². The normalized spacial score (nSPS) is 14.6. The van der Waals surface area contributed by atoms with E-state index in [0.717, 1.165) is 0 Å².